The number of imidazole rings is 1. The Labute approximate surface area is 163 Å². The Bertz CT molecular complexity index is 1010. The SMILES string of the molecule is COc1ccccc1N1CCN(c2ccc3c(c2)nc(C)n3CC(=O)O)CC1. The first-order valence-electron chi connectivity index (χ1n) is 9.38. The van der Waals surface area contributed by atoms with Crippen molar-refractivity contribution in [1.82, 2.24) is 9.55 Å². The summed E-state index contributed by atoms with van der Waals surface area (Å²) in [7, 11) is 1.70. The minimum atomic E-state index is -0.862. The van der Waals surface area contributed by atoms with Gasteiger partial charge in [-0.05, 0) is 37.3 Å². The van der Waals surface area contributed by atoms with Crippen molar-refractivity contribution in [3.8, 4) is 5.75 Å². The maximum atomic E-state index is 11.1. The molecule has 7 heteroatoms. The Morgan fingerprint density at radius 3 is 2.54 bits per heavy atom. The molecule has 4 rings (SSSR count). The Morgan fingerprint density at radius 1 is 1.11 bits per heavy atom. The van der Waals surface area contributed by atoms with Crippen LogP contribution in [0.4, 0.5) is 11.4 Å². The van der Waals surface area contributed by atoms with Crippen LogP contribution in [-0.2, 0) is 11.3 Å². The van der Waals surface area contributed by atoms with Gasteiger partial charge in [-0.15, -0.1) is 0 Å². The molecule has 0 atom stereocenters. The van der Waals surface area contributed by atoms with Crippen LogP contribution in [-0.4, -0.2) is 53.9 Å². The molecule has 1 N–H and O–H groups in total. The molecule has 0 aliphatic carbocycles. The molecule has 1 saturated heterocycles. The van der Waals surface area contributed by atoms with E-state index in [2.05, 4.69) is 33.0 Å². The molecule has 0 spiro atoms. The number of carboxylic acids is 1. The van der Waals surface area contributed by atoms with E-state index in [0.717, 1.165) is 60.2 Å². The zero-order valence-electron chi connectivity index (χ0n) is 16.1. The Kier molecular flexibility index (Phi) is 4.81. The lowest BCUT2D eigenvalue weighted by atomic mass is 10.2. The lowest BCUT2D eigenvalue weighted by molar-refractivity contribution is -0.137. The fraction of sp³-hybridized carbons (Fsp3) is 0.333. The predicted molar refractivity (Wildman–Crippen MR) is 110 cm³/mol. The molecule has 7 nitrogen and oxygen atoms in total. The third-order valence-corrected chi connectivity index (χ3v) is 5.29. The fourth-order valence-electron chi connectivity index (χ4n) is 3.87. The van der Waals surface area contributed by atoms with Crippen molar-refractivity contribution in [2.75, 3.05) is 43.1 Å². The number of rotatable bonds is 5. The lowest BCUT2D eigenvalue weighted by Crippen LogP contribution is -2.46. The predicted octanol–water partition coefficient (Wildman–Crippen LogP) is 2.76. The van der Waals surface area contributed by atoms with Crippen molar-refractivity contribution in [3.05, 3.63) is 48.3 Å². The molecule has 3 aromatic rings. The van der Waals surface area contributed by atoms with Crippen molar-refractivity contribution >= 4 is 28.4 Å². The van der Waals surface area contributed by atoms with Gasteiger partial charge in [0.1, 0.15) is 18.1 Å². The van der Waals surface area contributed by atoms with Crippen molar-refractivity contribution in [3.63, 3.8) is 0 Å². The summed E-state index contributed by atoms with van der Waals surface area (Å²) in [5.74, 6) is 0.756. The van der Waals surface area contributed by atoms with Crippen molar-refractivity contribution in [1.29, 1.82) is 0 Å². The van der Waals surface area contributed by atoms with Crippen LogP contribution in [0.3, 0.4) is 0 Å². The number of benzene rings is 2. The van der Waals surface area contributed by atoms with Crippen molar-refractivity contribution in [2.24, 2.45) is 0 Å². The van der Waals surface area contributed by atoms with Gasteiger partial charge in [0.25, 0.3) is 0 Å². The summed E-state index contributed by atoms with van der Waals surface area (Å²) >= 11 is 0. The average Bonchev–Trinajstić information content (AvgIpc) is 3.02. The van der Waals surface area contributed by atoms with Crippen LogP contribution in [0.2, 0.25) is 0 Å². The average molecular weight is 380 g/mol. The summed E-state index contributed by atoms with van der Waals surface area (Å²) < 4.78 is 7.23. The van der Waals surface area contributed by atoms with E-state index in [9.17, 15) is 4.79 Å². The monoisotopic (exact) mass is 380 g/mol. The highest BCUT2D eigenvalue weighted by atomic mass is 16.5. The first-order chi connectivity index (χ1) is 13.6. The number of ether oxygens (including phenoxy) is 1. The molecule has 28 heavy (non-hydrogen) atoms. The van der Waals surface area contributed by atoms with Gasteiger partial charge in [-0.25, -0.2) is 4.98 Å². The number of carboxylic acid groups (broad SMARTS) is 1. The molecule has 2 aromatic carbocycles. The quantitative estimate of drug-likeness (QED) is 0.734. The van der Waals surface area contributed by atoms with E-state index in [0.29, 0.717) is 0 Å². The van der Waals surface area contributed by atoms with Crippen LogP contribution in [0.25, 0.3) is 11.0 Å². The van der Waals surface area contributed by atoms with E-state index in [1.807, 2.05) is 31.2 Å². The van der Waals surface area contributed by atoms with Crippen LogP contribution in [0, 0.1) is 6.92 Å². The second kappa shape index (κ2) is 7.42. The zero-order valence-corrected chi connectivity index (χ0v) is 16.1. The van der Waals surface area contributed by atoms with E-state index in [1.165, 1.54) is 0 Å². The minimum absolute atomic E-state index is 0.0702. The number of nitrogens with zero attached hydrogens (tertiary/aromatic N) is 4. The fourth-order valence-corrected chi connectivity index (χ4v) is 3.87. The van der Waals surface area contributed by atoms with E-state index < -0.39 is 5.97 Å². The topological polar surface area (TPSA) is 70.8 Å². The highest BCUT2D eigenvalue weighted by Crippen LogP contribution is 2.30. The number of aryl methyl sites for hydroxylation is 1. The maximum absolute atomic E-state index is 11.1. The van der Waals surface area contributed by atoms with Gasteiger partial charge in [0.15, 0.2) is 0 Å². The first kappa shape index (κ1) is 18.2. The van der Waals surface area contributed by atoms with Crippen molar-refractivity contribution in [2.45, 2.75) is 13.5 Å². The molecule has 1 aliphatic heterocycles. The van der Waals surface area contributed by atoms with E-state index in [-0.39, 0.29) is 6.54 Å². The second-order valence-electron chi connectivity index (χ2n) is 6.96. The minimum Gasteiger partial charge on any atom is -0.495 e. The Hall–Kier alpha value is -3.22. The summed E-state index contributed by atoms with van der Waals surface area (Å²) in [4.78, 5) is 20.3. The summed E-state index contributed by atoms with van der Waals surface area (Å²) in [6.45, 7) is 5.39. The number of para-hydroxylation sites is 2. The molecule has 0 bridgehead atoms. The van der Waals surface area contributed by atoms with Crippen LogP contribution >= 0.6 is 0 Å². The van der Waals surface area contributed by atoms with Gasteiger partial charge in [-0.2, -0.15) is 0 Å². The van der Waals surface area contributed by atoms with Gasteiger partial charge >= 0.3 is 5.97 Å². The van der Waals surface area contributed by atoms with E-state index >= 15 is 0 Å². The number of aliphatic carboxylic acids is 1. The van der Waals surface area contributed by atoms with Crippen LogP contribution in [0.1, 0.15) is 5.82 Å². The number of piperazine rings is 1. The van der Waals surface area contributed by atoms with Gasteiger partial charge in [-0.1, -0.05) is 12.1 Å². The highest BCUT2D eigenvalue weighted by Gasteiger charge is 2.20. The molecular formula is C21H24N4O3. The molecule has 1 aliphatic rings. The molecule has 0 saturated carbocycles. The van der Waals surface area contributed by atoms with Gasteiger partial charge in [0.05, 0.1) is 23.8 Å². The summed E-state index contributed by atoms with van der Waals surface area (Å²) in [6.07, 6.45) is 0. The summed E-state index contributed by atoms with van der Waals surface area (Å²) in [5.41, 5.74) is 3.94. The van der Waals surface area contributed by atoms with Crippen LogP contribution in [0.15, 0.2) is 42.5 Å². The molecule has 1 fully saturated rings. The molecule has 0 radical (unpaired) electrons. The van der Waals surface area contributed by atoms with Gasteiger partial charge in [0.2, 0.25) is 0 Å². The Balaban J connectivity index is 1.52. The molecule has 146 valence electrons. The lowest BCUT2D eigenvalue weighted by Gasteiger charge is -2.37. The smallest absolute Gasteiger partial charge is 0.323 e. The van der Waals surface area contributed by atoms with E-state index in [1.54, 1.807) is 11.7 Å². The summed E-state index contributed by atoms with van der Waals surface area (Å²) in [5, 5.41) is 9.11. The van der Waals surface area contributed by atoms with Gasteiger partial charge in [0, 0.05) is 31.9 Å². The van der Waals surface area contributed by atoms with Crippen LogP contribution < -0.4 is 14.5 Å². The van der Waals surface area contributed by atoms with Crippen LogP contribution in [0.5, 0.6) is 5.75 Å². The Morgan fingerprint density at radius 2 is 1.82 bits per heavy atom. The molecule has 2 heterocycles. The second-order valence-corrected chi connectivity index (χ2v) is 6.96. The molecular weight excluding hydrogens is 356 g/mol. The largest absolute Gasteiger partial charge is 0.495 e. The highest BCUT2D eigenvalue weighted by molar-refractivity contribution is 5.82. The third kappa shape index (κ3) is 3.35. The number of hydrogen-bond acceptors (Lipinski definition) is 5. The normalized spacial score (nSPS) is 14.5. The maximum Gasteiger partial charge on any atom is 0.323 e. The number of aromatic nitrogens is 2. The number of carbonyl (C=O) groups is 1. The first-order valence-corrected chi connectivity index (χ1v) is 9.38. The number of hydrogen-bond donors (Lipinski definition) is 1. The molecule has 0 unspecified atom stereocenters. The van der Waals surface area contributed by atoms with Gasteiger partial charge < -0.3 is 24.2 Å². The summed E-state index contributed by atoms with van der Waals surface area (Å²) in [6, 6.07) is 14.2. The number of anilines is 2. The zero-order chi connectivity index (χ0) is 19.7. The van der Waals surface area contributed by atoms with Crippen molar-refractivity contribution < 1.29 is 14.6 Å². The molecule has 1 aromatic heterocycles. The van der Waals surface area contributed by atoms with E-state index in [4.69, 9.17) is 9.84 Å². The third-order valence-electron chi connectivity index (χ3n) is 5.29. The van der Waals surface area contributed by atoms with Gasteiger partial charge in [-0.3, -0.25) is 4.79 Å². The standard InChI is InChI=1S/C21H24N4O3/c1-15-22-17-13-16(7-8-18(17)25(15)14-21(26)27)23-9-11-24(12-10-23)19-5-3-4-6-20(19)28-2/h3-8,13H,9-12,14H2,1-2H3,(H,26,27). The molecule has 0 amide bonds. The number of methoxy groups -OCH3 is 1. The number of fused-ring (bicyclic) bond motifs is 1.